The second kappa shape index (κ2) is 11.3. The molecule has 1 aromatic carbocycles. The summed E-state index contributed by atoms with van der Waals surface area (Å²) in [6, 6.07) is 8.97. The monoisotopic (exact) mass is 583 g/mol. The zero-order valence-corrected chi connectivity index (χ0v) is 25.7. The molecule has 0 saturated carbocycles. The molecule has 1 fully saturated rings. The van der Waals surface area contributed by atoms with Gasteiger partial charge in [0, 0.05) is 48.5 Å². The lowest BCUT2D eigenvalue weighted by Gasteiger charge is -2.45. The van der Waals surface area contributed by atoms with Gasteiger partial charge in [-0.1, -0.05) is 24.4 Å². The van der Waals surface area contributed by atoms with Gasteiger partial charge >= 0.3 is 0 Å². The third kappa shape index (κ3) is 6.09. The number of rotatable bonds is 9. The maximum atomic E-state index is 14.7. The van der Waals surface area contributed by atoms with E-state index in [-0.39, 0.29) is 5.82 Å². The van der Waals surface area contributed by atoms with Crippen molar-refractivity contribution < 1.29 is 4.39 Å². The molecular weight excluding hydrogens is 545 g/mol. The van der Waals surface area contributed by atoms with Crippen LogP contribution in [0.1, 0.15) is 36.4 Å². The molecule has 4 aromatic rings. The molecule has 0 radical (unpaired) electrons. The van der Waals surface area contributed by atoms with Crippen LogP contribution < -0.4 is 10.0 Å². The zero-order valence-electron chi connectivity index (χ0n) is 24.9. The number of imidazole rings is 1. The van der Waals surface area contributed by atoms with Gasteiger partial charge in [-0.15, -0.1) is 0 Å². The van der Waals surface area contributed by atoms with Gasteiger partial charge in [0.05, 0.1) is 11.2 Å². The lowest BCUT2D eigenvalue weighted by Crippen LogP contribution is -2.53. The summed E-state index contributed by atoms with van der Waals surface area (Å²) < 4.78 is 18.0. The van der Waals surface area contributed by atoms with Gasteiger partial charge in [0.25, 0.3) is 0 Å². The van der Waals surface area contributed by atoms with Crippen molar-refractivity contribution in [2.75, 3.05) is 20.4 Å². The van der Waals surface area contributed by atoms with Crippen molar-refractivity contribution in [2.45, 2.75) is 32.5 Å². The normalized spacial score (nSPS) is 18.9. The molecule has 1 unspecified atom stereocenters. The number of nitrogens with zero attached hydrogens (tertiary/aromatic N) is 4. The van der Waals surface area contributed by atoms with E-state index in [2.05, 4.69) is 67.3 Å². The zero-order chi connectivity index (χ0) is 30.2. The first-order valence-corrected chi connectivity index (χ1v) is 16.0. The number of allylic oxidation sites excluding steroid dienone is 3. The number of pyridine rings is 2. The second-order valence-electron chi connectivity index (χ2n) is 11.4. The molecular formula is C33H38FN7S. The molecule has 0 amide bonds. The minimum atomic E-state index is -1.44. The summed E-state index contributed by atoms with van der Waals surface area (Å²) in [4.78, 5) is 19.7. The number of benzene rings is 1. The fraction of sp³-hybridized carbons (Fsp3) is 0.242. The van der Waals surface area contributed by atoms with E-state index in [1.807, 2.05) is 57.9 Å². The fourth-order valence-electron chi connectivity index (χ4n) is 5.15. The molecule has 4 heterocycles. The summed E-state index contributed by atoms with van der Waals surface area (Å²) in [5.41, 5.74) is 8.02. The van der Waals surface area contributed by atoms with Crippen molar-refractivity contribution in [2.24, 2.45) is 0 Å². The van der Waals surface area contributed by atoms with Gasteiger partial charge in [0.1, 0.15) is 22.7 Å². The van der Waals surface area contributed by atoms with E-state index >= 15 is 0 Å². The molecule has 1 saturated heterocycles. The van der Waals surface area contributed by atoms with Crippen LogP contribution in [0.25, 0.3) is 27.9 Å². The van der Waals surface area contributed by atoms with E-state index in [1.165, 1.54) is 12.1 Å². The lowest BCUT2D eigenvalue weighted by atomic mass is 9.78. The van der Waals surface area contributed by atoms with Crippen molar-refractivity contribution in [1.82, 2.24) is 34.9 Å². The molecule has 0 spiro atoms. The fourth-order valence-corrected chi connectivity index (χ4v) is 5.66. The van der Waals surface area contributed by atoms with E-state index in [1.54, 1.807) is 6.20 Å². The third-order valence-electron chi connectivity index (χ3n) is 7.22. The van der Waals surface area contributed by atoms with E-state index in [0.29, 0.717) is 23.3 Å². The lowest BCUT2D eigenvalue weighted by molar-refractivity contribution is 0.385. The molecule has 1 atom stereocenters. The van der Waals surface area contributed by atoms with E-state index in [0.717, 1.165) is 51.4 Å². The van der Waals surface area contributed by atoms with Crippen molar-refractivity contribution in [3.8, 4) is 11.3 Å². The largest absolute Gasteiger partial charge is 0.369 e. The van der Waals surface area contributed by atoms with Crippen LogP contribution in [0.5, 0.6) is 0 Å². The Morgan fingerprint density at radius 1 is 1.17 bits per heavy atom. The summed E-state index contributed by atoms with van der Waals surface area (Å²) in [6.45, 7) is 9.72. The summed E-state index contributed by atoms with van der Waals surface area (Å²) in [5.74, 6) is 8.51. The van der Waals surface area contributed by atoms with Crippen LogP contribution in [0.3, 0.4) is 0 Å². The Kier molecular flexibility index (Phi) is 7.94. The number of fused-ring (bicyclic) bond motifs is 1. The smallest absolute Gasteiger partial charge is 0.137 e. The molecule has 7 nitrogen and oxygen atoms in total. The van der Waals surface area contributed by atoms with Crippen LogP contribution in [0, 0.1) is 5.82 Å². The van der Waals surface area contributed by atoms with Gasteiger partial charge in [0.2, 0.25) is 0 Å². The summed E-state index contributed by atoms with van der Waals surface area (Å²) >= 11 is 0. The Morgan fingerprint density at radius 3 is 2.67 bits per heavy atom. The van der Waals surface area contributed by atoms with E-state index in [4.69, 9.17) is 4.98 Å². The number of nitrogens with one attached hydrogen (secondary N) is 3. The van der Waals surface area contributed by atoms with Crippen LogP contribution in [-0.2, 0) is 18.6 Å². The predicted octanol–water partition coefficient (Wildman–Crippen LogP) is 5.89. The van der Waals surface area contributed by atoms with Crippen LogP contribution in [0.15, 0.2) is 78.9 Å². The van der Waals surface area contributed by atoms with Crippen LogP contribution >= 0.6 is 9.39 Å². The average molecular weight is 584 g/mol. The Labute approximate surface area is 247 Å². The molecule has 3 N–H and O–H groups in total. The first kappa shape index (κ1) is 29.4. The number of halogens is 1. The van der Waals surface area contributed by atoms with Crippen molar-refractivity contribution >= 4 is 37.7 Å². The third-order valence-corrected chi connectivity index (χ3v) is 8.06. The summed E-state index contributed by atoms with van der Waals surface area (Å²) in [6.07, 6.45) is 11.5. The van der Waals surface area contributed by atoms with Gasteiger partial charge in [-0.05, 0) is 92.9 Å². The number of aromatic nitrogens is 4. The standard InChI is InChI=1S/C33H38FN7S/c1-9-28-27(12-21(2)25-14-23(17-35-19-25)20-41(4)5)33(3,40-28)32-38-29-10-11-36-30(31(29)39-32)24-13-22(15-26(34)16-24)18-37-42(6,7)8/h9-17,19,37,40H,2,6-7,18,20H2,1,3-5,8H3,(H,38,39)/b27-12+,28-9+. The highest BCUT2D eigenvalue weighted by atomic mass is 32.2. The van der Waals surface area contributed by atoms with E-state index in [9.17, 15) is 4.39 Å². The molecule has 0 bridgehead atoms. The van der Waals surface area contributed by atoms with Gasteiger partial charge in [-0.25, -0.2) is 9.37 Å². The first-order valence-electron chi connectivity index (χ1n) is 13.7. The molecule has 1 aliphatic rings. The van der Waals surface area contributed by atoms with Crippen molar-refractivity contribution in [1.29, 1.82) is 0 Å². The van der Waals surface area contributed by atoms with Crippen LogP contribution in [0.4, 0.5) is 4.39 Å². The first-order chi connectivity index (χ1) is 19.9. The maximum absolute atomic E-state index is 14.7. The molecule has 1 aliphatic heterocycles. The van der Waals surface area contributed by atoms with Gasteiger partial charge < -0.3 is 15.2 Å². The highest BCUT2D eigenvalue weighted by Crippen LogP contribution is 2.43. The average Bonchev–Trinajstić information content (AvgIpc) is 3.37. The van der Waals surface area contributed by atoms with E-state index < -0.39 is 14.9 Å². The molecule has 5 rings (SSSR count). The Balaban J connectivity index is 1.51. The van der Waals surface area contributed by atoms with Gasteiger partial charge in [-0.3, -0.25) is 14.7 Å². The summed E-state index contributed by atoms with van der Waals surface area (Å²) in [5, 5.41) is 3.57. The predicted molar refractivity (Wildman–Crippen MR) is 177 cm³/mol. The Hall–Kier alpha value is -4.05. The topological polar surface area (TPSA) is 81.8 Å². The maximum Gasteiger partial charge on any atom is 0.137 e. The Bertz CT molecular complexity index is 1850. The van der Waals surface area contributed by atoms with Gasteiger partial charge in [0.15, 0.2) is 0 Å². The number of hydrogen-bond acceptors (Lipinski definition) is 6. The highest BCUT2D eigenvalue weighted by molar-refractivity contribution is 8.25. The quantitative estimate of drug-likeness (QED) is 0.213. The SMILES string of the molecule is C=C(/C=C1\C(=C/C)NC1(C)c1nc2c(-c3cc(F)cc(CNS(=C)(=C)C)c3)nccc2[nH]1)c1cncc(CN(C)C)c1. The Morgan fingerprint density at radius 2 is 1.95 bits per heavy atom. The molecule has 9 heteroatoms. The van der Waals surface area contributed by atoms with Crippen LogP contribution in [-0.4, -0.2) is 56.9 Å². The minimum absolute atomic E-state index is 0.332. The molecule has 0 aliphatic carbocycles. The number of hydrogen-bond donors (Lipinski definition) is 3. The molecule has 3 aromatic heterocycles. The highest BCUT2D eigenvalue weighted by Gasteiger charge is 2.45. The van der Waals surface area contributed by atoms with Crippen molar-refractivity contribution in [3.05, 3.63) is 107 Å². The minimum Gasteiger partial charge on any atom is -0.369 e. The summed E-state index contributed by atoms with van der Waals surface area (Å²) in [7, 11) is 2.64. The number of H-pyrrole nitrogens is 1. The van der Waals surface area contributed by atoms with Gasteiger partial charge in [-0.2, -0.15) is 9.39 Å². The second-order valence-corrected chi connectivity index (χ2v) is 14.3. The molecule has 218 valence electrons. The van der Waals surface area contributed by atoms with Crippen LogP contribution in [0.2, 0.25) is 0 Å². The van der Waals surface area contributed by atoms with Crippen molar-refractivity contribution in [3.63, 3.8) is 0 Å². The molecule has 42 heavy (non-hydrogen) atoms. The number of aromatic amines is 1.